The summed E-state index contributed by atoms with van der Waals surface area (Å²) >= 11 is 6.38. The van der Waals surface area contributed by atoms with Crippen LogP contribution in [0.2, 0.25) is 5.02 Å². The molecule has 0 radical (unpaired) electrons. The predicted molar refractivity (Wildman–Crippen MR) is 126 cm³/mol. The molecule has 8 heteroatoms. The molecule has 0 aliphatic carbocycles. The molecule has 0 aromatic heterocycles. The molecule has 0 fully saturated rings. The van der Waals surface area contributed by atoms with Gasteiger partial charge in [0.2, 0.25) is 0 Å². The molecule has 0 aliphatic heterocycles. The van der Waals surface area contributed by atoms with E-state index in [1.54, 1.807) is 24.3 Å². The van der Waals surface area contributed by atoms with Crippen LogP contribution in [0, 0.1) is 6.92 Å². The topological polar surface area (TPSA) is 81.2 Å². The number of aryl methyl sites for hydroxylation is 1. The van der Waals surface area contributed by atoms with Gasteiger partial charge < -0.3 is 19.5 Å². The zero-order valence-corrected chi connectivity index (χ0v) is 18.6. The minimum absolute atomic E-state index is 0.291. The van der Waals surface area contributed by atoms with E-state index in [0.29, 0.717) is 41.0 Å². The maximum Gasteiger partial charge on any atom is 0.339 e. The van der Waals surface area contributed by atoms with Crippen molar-refractivity contribution in [1.29, 1.82) is 0 Å². The molecule has 0 atom stereocenters. The predicted octanol–water partition coefficient (Wildman–Crippen LogP) is 5.27. The Balaban J connectivity index is 1.55. The fourth-order valence-corrected chi connectivity index (χ4v) is 3.09. The van der Waals surface area contributed by atoms with Gasteiger partial charge in [-0.15, -0.1) is 0 Å². The fraction of sp³-hybridized carbons (Fsp3) is 0.167. The number of nitrogens with zero attached hydrogens (tertiary/aromatic N) is 1. The number of amides is 2. The molecule has 0 unspecified atom stereocenters. The second-order valence-electron chi connectivity index (χ2n) is 6.69. The number of halogens is 1. The number of carbonyl (C=O) groups is 1. The van der Waals surface area contributed by atoms with Crippen LogP contribution in [0.25, 0.3) is 0 Å². The van der Waals surface area contributed by atoms with Crippen LogP contribution >= 0.6 is 11.6 Å². The highest BCUT2D eigenvalue weighted by atomic mass is 35.5. The lowest BCUT2D eigenvalue weighted by Gasteiger charge is -2.14. The van der Waals surface area contributed by atoms with Gasteiger partial charge in [0.25, 0.3) is 0 Å². The maximum atomic E-state index is 11.9. The van der Waals surface area contributed by atoms with Crippen LogP contribution in [0.1, 0.15) is 11.1 Å². The number of hydrogen-bond acceptors (Lipinski definition) is 5. The van der Waals surface area contributed by atoms with Crippen LogP contribution in [-0.2, 0) is 0 Å². The summed E-state index contributed by atoms with van der Waals surface area (Å²) in [5, 5.41) is 6.96. The molecule has 0 spiro atoms. The molecule has 3 aromatic rings. The van der Waals surface area contributed by atoms with Gasteiger partial charge in [0.05, 0.1) is 18.3 Å². The first kappa shape index (κ1) is 23.0. The highest BCUT2D eigenvalue weighted by molar-refractivity contribution is 6.32. The minimum atomic E-state index is -0.459. The average molecular weight is 454 g/mol. The Labute approximate surface area is 192 Å². The Morgan fingerprint density at radius 3 is 2.47 bits per heavy atom. The molecular weight excluding hydrogens is 430 g/mol. The number of nitrogens with one attached hydrogen (secondary N) is 2. The van der Waals surface area contributed by atoms with Crippen molar-refractivity contribution in [2.45, 2.75) is 6.92 Å². The van der Waals surface area contributed by atoms with Crippen molar-refractivity contribution in [2.75, 3.05) is 25.6 Å². The number of benzene rings is 3. The van der Waals surface area contributed by atoms with Crippen molar-refractivity contribution in [2.24, 2.45) is 5.10 Å². The number of hydrogen-bond donors (Lipinski definition) is 2. The molecule has 2 N–H and O–H groups in total. The molecule has 0 aliphatic rings. The highest BCUT2D eigenvalue weighted by Gasteiger charge is 2.12. The third kappa shape index (κ3) is 6.65. The summed E-state index contributed by atoms with van der Waals surface area (Å²) in [5.41, 5.74) is 4.75. The van der Waals surface area contributed by atoms with Gasteiger partial charge in [0.1, 0.15) is 19.0 Å². The third-order valence-electron chi connectivity index (χ3n) is 4.34. The van der Waals surface area contributed by atoms with Gasteiger partial charge in [-0.3, -0.25) is 0 Å². The second-order valence-corrected chi connectivity index (χ2v) is 7.09. The van der Waals surface area contributed by atoms with Gasteiger partial charge in [0, 0.05) is 5.69 Å². The molecular formula is C24H24ClN3O4. The first-order valence-electron chi connectivity index (χ1n) is 9.90. The monoisotopic (exact) mass is 453 g/mol. The van der Waals surface area contributed by atoms with Crippen molar-refractivity contribution in [3.63, 3.8) is 0 Å². The van der Waals surface area contributed by atoms with E-state index < -0.39 is 6.03 Å². The van der Waals surface area contributed by atoms with E-state index in [1.165, 1.54) is 13.3 Å². The molecule has 32 heavy (non-hydrogen) atoms. The Hall–Kier alpha value is -3.71. The maximum absolute atomic E-state index is 11.9. The van der Waals surface area contributed by atoms with Gasteiger partial charge in [-0.1, -0.05) is 48.0 Å². The zero-order valence-electron chi connectivity index (χ0n) is 17.8. The molecule has 0 saturated carbocycles. The normalized spacial score (nSPS) is 10.6. The summed E-state index contributed by atoms with van der Waals surface area (Å²) in [7, 11) is 1.52. The van der Waals surface area contributed by atoms with Crippen LogP contribution < -0.4 is 25.0 Å². The van der Waals surface area contributed by atoms with Crippen LogP contribution in [0.15, 0.2) is 71.8 Å². The summed E-state index contributed by atoms with van der Waals surface area (Å²) < 4.78 is 16.9. The number of carbonyl (C=O) groups excluding carboxylic acids is 1. The van der Waals surface area contributed by atoms with E-state index in [1.807, 2.05) is 49.4 Å². The highest BCUT2D eigenvalue weighted by Crippen LogP contribution is 2.36. The van der Waals surface area contributed by atoms with Crippen molar-refractivity contribution in [3.8, 4) is 17.2 Å². The number of rotatable bonds is 9. The number of hydrazone groups is 1. The minimum Gasteiger partial charge on any atom is -0.493 e. The molecule has 7 nitrogen and oxygen atoms in total. The van der Waals surface area contributed by atoms with E-state index in [9.17, 15) is 4.79 Å². The number of methoxy groups -OCH3 is 1. The van der Waals surface area contributed by atoms with Gasteiger partial charge in [0.15, 0.2) is 11.5 Å². The Kier molecular flexibility index (Phi) is 8.34. The quantitative estimate of drug-likeness (QED) is 0.263. The lowest BCUT2D eigenvalue weighted by molar-refractivity contribution is 0.210. The summed E-state index contributed by atoms with van der Waals surface area (Å²) in [6, 6.07) is 19.8. The van der Waals surface area contributed by atoms with Gasteiger partial charge in [-0.25, -0.2) is 10.2 Å². The van der Waals surface area contributed by atoms with E-state index in [0.717, 1.165) is 11.3 Å². The molecule has 0 bridgehead atoms. The van der Waals surface area contributed by atoms with E-state index in [4.69, 9.17) is 25.8 Å². The average Bonchev–Trinajstić information content (AvgIpc) is 2.79. The molecule has 3 aromatic carbocycles. The summed E-state index contributed by atoms with van der Waals surface area (Å²) in [4.78, 5) is 11.9. The lowest BCUT2D eigenvalue weighted by Crippen LogP contribution is -2.24. The van der Waals surface area contributed by atoms with E-state index in [-0.39, 0.29) is 0 Å². The Morgan fingerprint density at radius 1 is 1.00 bits per heavy atom. The van der Waals surface area contributed by atoms with Crippen LogP contribution in [-0.4, -0.2) is 32.6 Å². The fourth-order valence-electron chi connectivity index (χ4n) is 2.81. The van der Waals surface area contributed by atoms with Gasteiger partial charge >= 0.3 is 6.03 Å². The van der Waals surface area contributed by atoms with E-state index >= 15 is 0 Å². The summed E-state index contributed by atoms with van der Waals surface area (Å²) in [5.74, 6) is 1.67. The van der Waals surface area contributed by atoms with Crippen LogP contribution in [0.3, 0.4) is 0 Å². The smallest absolute Gasteiger partial charge is 0.339 e. The Morgan fingerprint density at radius 2 is 1.72 bits per heavy atom. The van der Waals surface area contributed by atoms with Gasteiger partial charge in [-0.2, -0.15) is 5.10 Å². The van der Waals surface area contributed by atoms with Crippen molar-refractivity contribution in [3.05, 3.63) is 82.9 Å². The summed E-state index contributed by atoms with van der Waals surface area (Å²) in [6.45, 7) is 2.63. The van der Waals surface area contributed by atoms with Crippen LogP contribution in [0.5, 0.6) is 17.2 Å². The summed E-state index contributed by atoms with van der Waals surface area (Å²) in [6.07, 6.45) is 1.46. The second kappa shape index (κ2) is 11.6. The van der Waals surface area contributed by atoms with Crippen LogP contribution in [0.4, 0.5) is 10.5 Å². The molecule has 2 amide bonds. The van der Waals surface area contributed by atoms with Gasteiger partial charge in [-0.05, 0) is 48.4 Å². The largest absolute Gasteiger partial charge is 0.493 e. The molecule has 0 heterocycles. The first-order chi connectivity index (χ1) is 15.6. The molecule has 0 saturated heterocycles. The number of para-hydroxylation sites is 2. The Bertz CT molecular complexity index is 1070. The molecule has 166 valence electrons. The number of urea groups is 1. The SMILES string of the molecule is COc1cc(/C=N/NC(=O)Nc2ccccc2)cc(Cl)c1OCCOc1ccccc1C. The standard InChI is InChI=1S/C24H24ClN3O4/c1-17-8-6-7-11-21(17)31-12-13-32-23-20(25)14-18(15-22(23)30-2)16-26-28-24(29)27-19-9-4-3-5-10-19/h3-11,14-16H,12-13H2,1-2H3,(H2,27,28,29)/b26-16+. The first-order valence-corrected chi connectivity index (χ1v) is 10.3. The van der Waals surface area contributed by atoms with Crippen molar-refractivity contribution >= 4 is 29.5 Å². The third-order valence-corrected chi connectivity index (χ3v) is 4.62. The zero-order chi connectivity index (χ0) is 22.8. The van der Waals surface area contributed by atoms with Crippen molar-refractivity contribution in [1.82, 2.24) is 5.43 Å². The molecule has 3 rings (SSSR count). The lowest BCUT2D eigenvalue weighted by atomic mass is 10.2. The van der Waals surface area contributed by atoms with E-state index in [2.05, 4.69) is 15.8 Å². The van der Waals surface area contributed by atoms with Crippen molar-refractivity contribution < 1.29 is 19.0 Å². The number of anilines is 1. The number of ether oxygens (including phenoxy) is 3.